The van der Waals surface area contributed by atoms with Crippen LogP contribution in [-0.2, 0) is 10.6 Å². The van der Waals surface area contributed by atoms with E-state index in [0.717, 1.165) is 17.9 Å². The molecule has 1 saturated heterocycles. The summed E-state index contributed by atoms with van der Waals surface area (Å²) in [7, 11) is 0. The number of aromatic nitrogens is 2. The summed E-state index contributed by atoms with van der Waals surface area (Å²) in [5.74, 6) is 1.14. The Bertz CT molecular complexity index is 375. The smallest absolute Gasteiger partial charge is 0.138 e. The van der Waals surface area contributed by atoms with Gasteiger partial charge in [-0.1, -0.05) is 11.6 Å². The highest BCUT2D eigenvalue weighted by molar-refractivity contribution is 6.31. The molecule has 0 aromatic carbocycles. The molecule has 0 N–H and O–H groups in total. The van der Waals surface area contributed by atoms with Crippen LogP contribution in [-0.4, -0.2) is 35.8 Å². The molecule has 6 heteroatoms. The summed E-state index contributed by atoms with van der Waals surface area (Å²) in [6.45, 7) is 4.29. The fourth-order valence-corrected chi connectivity index (χ4v) is 2.30. The van der Waals surface area contributed by atoms with E-state index in [4.69, 9.17) is 27.9 Å². The maximum absolute atomic E-state index is 6.00. The lowest BCUT2D eigenvalue weighted by Gasteiger charge is -2.35. The van der Waals surface area contributed by atoms with Gasteiger partial charge < -0.3 is 9.64 Å². The topological polar surface area (TPSA) is 38.2 Å². The van der Waals surface area contributed by atoms with E-state index in [0.29, 0.717) is 24.2 Å². The van der Waals surface area contributed by atoms with Crippen LogP contribution in [0.15, 0.2) is 6.33 Å². The third kappa shape index (κ3) is 2.24. The van der Waals surface area contributed by atoms with Crippen molar-refractivity contribution in [2.75, 3.05) is 24.7 Å². The Hall–Kier alpha value is -0.580. The van der Waals surface area contributed by atoms with Crippen LogP contribution in [0.1, 0.15) is 12.5 Å². The molecule has 0 spiro atoms. The summed E-state index contributed by atoms with van der Waals surface area (Å²) in [6, 6.07) is 0.279. The summed E-state index contributed by atoms with van der Waals surface area (Å²) >= 11 is 11.9. The molecule has 2 rings (SSSR count). The molecule has 1 aliphatic rings. The zero-order chi connectivity index (χ0) is 11.5. The Morgan fingerprint density at radius 1 is 1.56 bits per heavy atom. The van der Waals surface area contributed by atoms with Crippen LogP contribution >= 0.6 is 23.2 Å². The van der Waals surface area contributed by atoms with Gasteiger partial charge in [0.2, 0.25) is 0 Å². The SMILES string of the molecule is CC1COCCN1c1ncnc(Cl)c1CCl. The number of ether oxygens (including phenoxy) is 1. The highest BCUT2D eigenvalue weighted by Gasteiger charge is 2.23. The maximum Gasteiger partial charge on any atom is 0.138 e. The first-order chi connectivity index (χ1) is 7.74. The number of anilines is 1. The number of hydrogen-bond donors (Lipinski definition) is 0. The molecule has 4 nitrogen and oxygen atoms in total. The van der Waals surface area contributed by atoms with Crippen LogP contribution < -0.4 is 4.90 Å². The van der Waals surface area contributed by atoms with Crippen LogP contribution in [0.2, 0.25) is 5.15 Å². The van der Waals surface area contributed by atoms with E-state index in [9.17, 15) is 0 Å². The molecule has 1 aromatic rings. The van der Waals surface area contributed by atoms with Gasteiger partial charge in [0.1, 0.15) is 17.3 Å². The molecule has 0 bridgehead atoms. The molecule has 2 heterocycles. The van der Waals surface area contributed by atoms with Crippen molar-refractivity contribution in [2.24, 2.45) is 0 Å². The molecule has 1 fully saturated rings. The minimum absolute atomic E-state index is 0.279. The number of alkyl halides is 1. The van der Waals surface area contributed by atoms with Crippen LogP contribution in [0, 0.1) is 0 Å². The molecule has 0 saturated carbocycles. The lowest BCUT2D eigenvalue weighted by atomic mass is 10.2. The lowest BCUT2D eigenvalue weighted by molar-refractivity contribution is 0.0984. The second-order valence-corrected chi connectivity index (χ2v) is 4.34. The molecule has 1 aliphatic heterocycles. The van der Waals surface area contributed by atoms with E-state index in [-0.39, 0.29) is 6.04 Å². The molecule has 16 heavy (non-hydrogen) atoms. The Kier molecular flexibility index (Phi) is 3.84. The first kappa shape index (κ1) is 11.9. The molecule has 1 aromatic heterocycles. The zero-order valence-corrected chi connectivity index (χ0v) is 10.5. The number of hydrogen-bond acceptors (Lipinski definition) is 4. The van der Waals surface area contributed by atoms with Gasteiger partial charge in [-0.3, -0.25) is 0 Å². The van der Waals surface area contributed by atoms with Crippen molar-refractivity contribution in [3.8, 4) is 0 Å². The summed E-state index contributed by atoms with van der Waals surface area (Å²) in [6.07, 6.45) is 1.47. The monoisotopic (exact) mass is 261 g/mol. The van der Waals surface area contributed by atoms with Crippen LogP contribution in [0.25, 0.3) is 0 Å². The predicted octanol–water partition coefficient (Wildman–Crippen LogP) is 2.09. The Balaban J connectivity index is 2.34. The van der Waals surface area contributed by atoms with Crippen LogP contribution in [0.4, 0.5) is 5.82 Å². The minimum Gasteiger partial charge on any atom is -0.377 e. The quantitative estimate of drug-likeness (QED) is 0.604. The number of rotatable bonds is 2. The normalized spacial score (nSPS) is 21.2. The molecule has 0 amide bonds. The fraction of sp³-hybridized carbons (Fsp3) is 0.600. The third-order valence-corrected chi connectivity index (χ3v) is 3.24. The van der Waals surface area contributed by atoms with Gasteiger partial charge in [-0.2, -0.15) is 0 Å². The van der Waals surface area contributed by atoms with Crippen molar-refractivity contribution in [3.05, 3.63) is 17.0 Å². The largest absolute Gasteiger partial charge is 0.377 e. The molecule has 0 radical (unpaired) electrons. The molecular formula is C10H13Cl2N3O. The predicted molar refractivity (Wildman–Crippen MR) is 64.2 cm³/mol. The Morgan fingerprint density at radius 3 is 3.06 bits per heavy atom. The number of halogens is 2. The summed E-state index contributed by atoms with van der Waals surface area (Å²) in [5.41, 5.74) is 0.791. The average Bonchev–Trinajstić information content (AvgIpc) is 2.29. The zero-order valence-electron chi connectivity index (χ0n) is 8.99. The van der Waals surface area contributed by atoms with Crippen molar-refractivity contribution in [1.29, 1.82) is 0 Å². The Morgan fingerprint density at radius 2 is 2.38 bits per heavy atom. The number of nitrogens with zero attached hydrogens (tertiary/aromatic N) is 3. The standard InChI is InChI=1S/C10H13Cl2N3O/c1-7-5-16-3-2-15(7)10-8(4-11)9(12)13-6-14-10/h6-7H,2-5H2,1H3. The summed E-state index contributed by atoms with van der Waals surface area (Å²) in [5, 5.41) is 0.429. The van der Waals surface area contributed by atoms with E-state index < -0.39 is 0 Å². The summed E-state index contributed by atoms with van der Waals surface area (Å²) in [4.78, 5) is 10.4. The molecule has 1 atom stereocenters. The Labute approximate surface area is 105 Å². The van der Waals surface area contributed by atoms with Gasteiger partial charge in [0.25, 0.3) is 0 Å². The van der Waals surface area contributed by atoms with Crippen LogP contribution in [0.3, 0.4) is 0 Å². The maximum atomic E-state index is 6.00. The molecular weight excluding hydrogens is 249 g/mol. The first-order valence-corrected chi connectivity index (χ1v) is 6.05. The molecule has 0 aliphatic carbocycles. The van der Waals surface area contributed by atoms with Gasteiger partial charge in [-0.25, -0.2) is 9.97 Å². The van der Waals surface area contributed by atoms with Crippen molar-refractivity contribution < 1.29 is 4.74 Å². The van der Waals surface area contributed by atoms with Crippen molar-refractivity contribution in [2.45, 2.75) is 18.8 Å². The van der Waals surface area contributed by atoms with Gasteiger partial charge in [-0.15, -0.1) is 11.6 Å². The second-order valence-electron chi connectivity index (χ2n) is 3.72. The van der Waals surface area contributed by atoms with Crippen molar-refractivity contribution >= 4 is 29.0 Å². The highest BCUT2D eigenvalue weighted by Crippen LogP contribution is 2.27. The van der Waals surface area contributed by atoms with E-state index in [2.05, 4.69) is 21.8 Å². The highest BCUT2D eigenvalue weighted by atomic mass is 35.5. The molecule has 88 valence electrons. The van der Waals surface area contributed by atoms with E-state index in [1.54, 1.807) is 0 Å². The van der Waals surface area contributed by atoms with Crippen molar-refractivity contribution in [3.63, 3.8) is 0 Å². The van der Waals surface area contributed by atoms with Crippen LogP contribution in [0.5, 0.6) is 0 Å². The van der Waals surface area contributed by atoms with Gasteiger partial charge >= 0.3 is 0 Å². The number of morpholine rings is 1. The van der Waals surface area contributed by atoms with Gasteiger partial charge in [0.05, 0.1) is 25.1 Å². The van der Waals surface area contributed by atoms with E-state index in [1.807, 2.05) is 0 Å². The lowest BCUT2D eigenvalue weighted by Crippen LogP contribution is -2.44. The summed E-state index contributed by atoms with van der Waals surface area (Å²) < 4.78 is 5.39. The molecule has 1 unspecified atom stereocenters. The first-order valence-electron chi connectivity index (χ1n) is 5.13. The van der Waals surface area contributed by atoms with Gasteiger partial charge in [0, 0.05) is 12.1 Å². The average molecular weight is 262 g/mol. The van der Waals surface area contributed by atoms with Gasteiger partial charge in [0.15, 0.2) is 0 Å². The second kappa shape index (κ2) is 5.17. The third-order valence-electron chi connectivity index (χ3n) is 2.64. The van der Waals surface area contributed by atoms with E-state index in [1.165, 1.54) is 6.33 Å². The fourth-order valence-electron chi connectivity index (χ4n) is 1.79. The van der Waals surface area contributed by atoms with E-state index >= 15 is 0 Å². The van der Waals surface area contributed by atoms with Gasteiger partial charge in [-0.05, 0) is 6.92 Å². The minimum atomic E-state index is 0.279. The van der Waals surface area contributed by atoms with Crippen molar-refractivity contribution in [1.82, 2.24) is 9.97 Å².